The highest BCUT2D eigenvalue weighted by Crippen LogP contribution is 2.68. The largest absolute Gasteiger partial charge is 0.278 e. The minimum Gasteiger partial charge on any atom is -0.274 e. The van der Waals surface area contributed by atoms with E-state index in [0.717, 1.165) is 42.4 Å². The number of hydrogen-bond donors (Lipinski definition) is 0. The van der Waals surface area contributed by atoms with Crippen LogP contribution in [0.5, 0.6) is 0 Å². The molecule has 0 N–H and O–H groups in total. The van der Waals surface area contributed by atoms with Gasteiger partial charge >= 0.3 is 0 Å². The van der Waals surface area contributed by atoms with E-state index in [1.54, 1.807) is 0 Å². The maximum Gasteiger partial charge on any atom is 0.278 e. The summed E-state index contributed by atoms with van der Waals surface area (Å²) in [5.41, 5.74) is -1.07. The van der Waals surface area contributed by atoms with Crippen LogP contribution in [0.15, 0.2) is 18.2 Å². The van der Waals surface area contributed by atoms with Crippen LogP contribution in [0, 0.1) is 55.7 Å². The lowest BCUT2D eigenvalue weighted by Gasteiger charge is -2.42. The Morgan fingerprint density at radius 1 is 0.808 bits per heavy atom. The third kappa shape index (κ3) is 1.85. The number of nitro benzene ring substituents is 2. The third-order valence-electron chi connectivity index (χ3n) is 6.71. The van der Waals surface area contributed by atoms with Crippen molar-refractivity contribution >= 4 is 28.9 Å². The van der Waals surface area contributed by atoms with Crippen LogP contribution in [0.2, 0.25) is 0 Å². The molecule has 4 aliphatic carbocycles. The molecule has 0 aromatic heterocycles. The fraction of sp³-hybridized carbons (Fsp3) is 0.529. The summed E-state index contributed by atoms with van der Waals surface area (Å²) in [5, 5.41) is 22.2. The normalized spacial score (nSPS) is 36.7. The molecule has 1 aromatic rings. The molecule has 1 heterocycles. The number of benzene rings is 1. The first-order valence-electron chi connectivity index (χ1n) is 8.70. The molecule has 4 saturated carbocycles. The summed E-state index contributed by atoms with van der Waals surface area (Å²) < 4.78 is 0. The molecule has 5 fully saturated rings. The molecule has 9 heteroatoms. The van der Waals surface area contributed by atoms with Gasteiger partial charge in [0, 0.05) is 12.1 Å². The molecule has 26 heavy (non-hydrogen) atoms. The highest BCUT2D eigenvalue weighted by Gasteiger charge is 2.68. The molecule has 0 unspecified atom stereocenters. The van der Waals surface area contributed by atoms with Crippen LogP contribution < -0.4 is 4.90 Å². The van der Waals surface area contributed by atoms with Gasteiger partial charge in [-0.25, -0.2) is 4.90 Å². The van der Waals surface area contributed by atoms with Gasteiger partial charge in [-0.05, 0) is 42.9 Å². The molecule has 5 aliphatic rings. The summed E-state index contributed by atoms with van der Waals surface area (Å²) in [6.07, 6.45) is 2.97. The summed E-state index contributed by atoms with van der Waals surface area (Å²) >= 11 is 0. The van der Waals surface area contributed by atoms with Crippen molar-refractivity contribution in [2.24, 2.45) is 35.5 Å². The van der Waals surface area contributed by atoms with Gasteiger partial charge in [-0.1, -0.05) is 0 Å². The maximum absolute atomic E-state index is 13.0. The zero-order chi connectivity index (χ0) is 18.3. The van der Waals surface area contributed by atoms with E-state index in [1.165, 1.54) is 0 Å². The van der Waals surface area contributed by atoms with Crippen LogP contribution in [-0.2, 0) is 9.59 Å². The van der Waals surface area contributed by atoms with Gasteiger partial charge in [0.2, 0.25) is 11.8 Å². The van der Waals surface area contributed by atoms with Gasteiger partial charge in [0.05, 0.1) is 33.4 Å². The molecule has 1 aliphatic heterocycles. The Morgan fingerprint density at radius 3 is 1.69 bits per heavy atom. The fourth-order valence-corrected chi connectivity index (χ4v) is 5.71. The van der Waals surface area contributed by atoms with Crippen LogP contribution in [0.25, 0.3) is 0 Å². The molecular weight excluding hydrogens is 342 g/mol. The quantitative estimate of drug-likeness (QED) is 0.464. The number of anilines is 1. The summed E-state index contributed by atoms with van der Waals surface area (Å²) in [7, 11) is 0. The third-order valence-corrected chi connectivity index (χ3v) is 6.71. The van der Waals surface area contributed by atoms with Crippen LogP contribution in [0.1, 0.15) is 19.3 Å². The lowest BCUT2D eigenvalue weighted by atomic mass is 9.59. The summed E-state index contributed by atoms with van der Waals surface area (Å²) in [5.74, 6) is -0.0103. The highest BCUT2D eigenvalue weighted by atomic mass is 16.6. The Balaban J connectivity index is 1.59. The van der Waals surface area contributed by atoms with Crippen LogP contribution in [-0.4, -0.2) is 21.7 Å². The SMILES string of the molecule is O=C1[C@@H]2[C@@H]3CC[C@@H]([C@H]4C[C@H]43)[C@@H]2C(=O)N1c1cc([N+](=O)[O-])cc([N+](=O)[O-])c1. The molecule has 6 rings (SSSR count). The van der Waals surface area contributed by atoms with Crippen molar-refractivity contribution in [3.63, 3.8) is 0 Å². The lowest BCUT2D eigenvalue weighted by Crippen LogP contribution is -2.43. The first kappa shape index (κ1) is 15.4. The van der Waals surface area contributed by atoms with Crippen molar-refractivity contribution in [1.29, 1.82) is 0 Å². The fourth-order valence-electron chi connectivity index (χ4n) is 5.71. The van der Waals surface area contributed by atoms with E-state index in [9.17, 15) is 29.8 Å². The number of non-ortho nitro benzene ring substituents is 2. The smallest absolute Gasteiger partial charge is 0.274 e. The van der Waals surface area contributed by atoms with Crippen LogP contribution in [0.4, 0.5) is 17.1 Å². The minimum absolute atomic E-state index is 0.0663. The molecule has 2 bridgehead atoms. The Hall–Kier alpha value is -2.84. The van der Waals surface area contributed by atoms with Crippen molar-refractivity contribution in [2.45, 2.75) is 19.3 Å². The molecule has 1 saturated heterocycles. The van der Waals surface area contributed by atoms with Crippen molar-refractivity contribution in [2.75, 3.05) is 4.90 Å². The second-order valence-corrected chi connectivity index (χ2v) is 7.75. The highest BCUT2D eigenvalue weighted by molar-refractivity contribution is 6.22. The van der Waals surface area contributed by atoms with Crippen molar-refractivity contribution in [3.05, 3.63) is 38.4 Å². The number of carbonyl (C=O) groups is 2. The number of hydrogen-bond acceptors (Lipinski definition) is 6. The minimum atomic E-state index is -0.756. The van der Waals surface area contributed by atoms with E-state index in [-0.39, 0.29) is 41.2 Å². The zero-order valence-electron chi connectivity index (χ0n) is 13.6. The first-order chi connectivity index (χ1) is 12.4. The number of carbonyl (C=O) groups excluding carboxylic acids is 2. The molecule has 134 valence electrons. The van der Waals surface area contributed by atoms with E-state index in [0.29, 0.717) is 11.8 Å². The van der Waals surface area contributed by atoms with Gasteiger partial charge in [-0.2, -0.15) is 0 Å². The molecule has 0 spiro atoms. The van der Waals surface area contributed by atoms with Gasteiger partial charge in [0.15, 0.2) is 0 Å². The van der Waals surface area contributed by atoms with Gasteiger partial charge < -0.3 is 0 Å². The second-order valence-electron chi connectivity index (χ2n) is 7.75. The molecule has 2 amide bonds. The van der Waals surface area contributed by atoms with Crippen LogP contribution >= 0.6 is 0 Å². The number of nitro groups is 2. The van der Waals surface area contributed by atoms with Crippen LogP contribution in [0.3, 0.4) is 0 Å². The number of amides is 2. The van der Waals surface area contributed by atoms with Gasteiger partial charge in [-0.3, -0.25) is 29.8 Å². The number of fused-ring (bicyclic) bond motifs is 1. The molecule has 9 nitrogen and oxygen atoms in total. The Bertz CT molecular complexity index is 832. The number of nitrogens with zero attached hydrogens (tertiary/aromatic N) is 3. The Morgan fingerprint density at radius 2 is 1.27 bits per heavy atom. The zero-order valence-corrected chi connectivity index (χ0v) is 13.6. The predicted molar refractivity (Wildman–Crippen MR) is 87.0 cm³/mol. The lowest BCUT2D eigenvalue weighted by molar-refractivity contribution is -0.394. The standard InChI is InChI=1S/C17H15N3O6/c21-16-14-10-1-2-11(13-6-12(10)13)15(14)17(22)18(16)7-3-8(19(23)24)5-9(4-7)20(25)26/h3-5,10-15H,1-2,6H2/t10-,11+,12+,13-,14-,15+. The van der Waals surface area contributed by atoms with Gasteiger partial charge in [0.25, 0.3) is 11.4 Å². The van der Waals surface area contributed by atoms with E-state index in [4.69, 9.17) is 0 Å². The Labute approximate surface area is 147 Å². The number of imide groups is 1. The summed E-state index contributed by atoms with van der Waals surface area (Å²) in [6, 6.07) is 2.98. The van der Waals surface area contributed by atoms with Gasteiger partial charge in [-0.15, -0.1) is 0 Å². The second kappa shape index (κ2) is 4.87. The Kier molecular flexibility index (Phi) is 2.88. The molecule has 6 atom stereocenters. The maximum atomic E-state index is 13.0. The van der Waals surface area contributed by atoms with Crippen molar-refractivity contribution in [1.82, 2.24) is 0 Å². The van der Waals surface area contributed by atoms with E-state index in [2.05, 4.69) is 0 Å². The van der Waals surface area contributed by atoms with Gasteiger partial charge in [0.1, 0.15) is 0 Å². The molecular formula is C17H15N3O6. The van der Waals surface area contributed by atoms with Crippen molar-refractivity contribution < 1.29 is 19.4 Å². The average molecular weight is 357 g/mol. The average Bonchev–Trinajstić information content (AvgIpc) is 3.38. The molecule has 1 aromatic carbocycles. The summed E-state index contributed by atoms with van der Waals surface area (Å²) in [4.78, 5) is 47.7. The topological polar surface area (TPSA) is 124 Å². The van der Waals surface area contributed by atoms with Crippen molar-refractivity contribution in [3.8, 4) is 0 Å². The monoisotopic (exact) mass is 357 g/mol. The summed E-state index contributed by atoms with van der Waals surface area (Å²) in [6.45, 7) is 0. The number of rotatable bonds is 3. The predicted octanol–water partition coefficient (Wildman–Crippen LogP) is 2.28. The first-order valence-corrected chi connectivity index (χ1v) is 8.70. The molecule has 0 radical (unpaired) electrons. The van der Waals surface area contributed by atoms with E-state index in [1.807, 2.05) is 0 Å². The van der Waals surface area contributed by atoms with E-state index < -0.39 is 21.2 Å². The van der Waals surface area contributed by atoms with E-state index >= 15 is 0 Å².